The molecule has 0 spiro atoms. The molecule has 1 rings (SSSR count). The van der Waals surface area contributed by atoms with Gasteiger partial charge in [0.1, 0.15) is 6.04 Å². The molecule has 1 unspecified atom stereocenters. The summed E-state index contributed by atoms with van der Waals surface area (Å²) < 4.78 is 4.83. The first-order valence-corrected chi connectivity index (χ1v) is 5.49. The smallest absolute Gasteiger partial charge is 0.327 e. The van der Waals surface area contributed by atoms with E-state index in [4.69, 9.17) is 4.74 Å². The van der Waals surface area contributed by atoms with Gasteiger partial charge in [-0.2, -0.15) is 0 Å². The second-order valence-corrected chi connectivity index (χ2v) is 3.82. The zero-order valence-corrected chi connectivity index (χ0v) is 10.3. The number of hydrogen-bond acceptors (Lipinski definition) is 3. The second-order valence-electron chi connectivity index (χ2n) is 3.82. The van der Waals surface area contributed by atoms with E-state index < -0.39 is 0 Å². The maximum atomic E-state index is 11.7. The van der Waals surface area contributed by atoms with Gasteiger partial charge in [0, 0.05) is 0 Å². The molecule has 0 amide bonds. The minimum Gasteiger partial charge on any atom is -0.468 e. The van der Waals surface area contributed by atoms with E-state index in [2.05, 4.69) is 5.32 Å². The molecule has 0 fully saturated rings. The van der Waals surface area contributed by atoms with Crippen molar-refractivity contribution in [2.24, 2.45) is 0 Å². The molecule has 0 heterocycles. The highest BCUT2D eigenvalue weighted by atomic mass is 16.5. The lowest BCUT2D eigenvalue weighted by atomic mass is 9.96. The number of ether oxygens (including phenoxy) is 1. The Labute approximate surface area is 96.8 Å². The number of carbonyl (C=O) groups excluding carboxylic acids is 1. The van der Waals surface area contributed by atoms with E-state index in [0.29, 0.717) is 0 Å². The Morgan fingerprint density at radius 3 is 2.38 bits per heavy atom. The first kappa shape index (κ1) is 12.7. The third-order valence-electron chi connectivity index (χ3n) is 2.68. The number of carbonyl (C=O) groups is 1. The van der Waals surface area contributed by atoms with E-state index in [1.165, 1.54) is 7.11 Å². The summed E-state index contributed by atoms with van der Waals surface area (Å²) in [6.07, 6.45) is 0. The molecular formula is C13H19NO2. The molecule has 3 nitrogen and oxygen atoms in total. The Hall–Kier alpha value is -1.35. The van der Waals surface area contributed by atoms with Crippen molar-refractivity contribution in [3.63, 3.8) is 0 Å². The van der Waals surface area contributed by atoms with Crippen LogP contribution in [0.25, 0.3) is 0 Å². The molecule has 0 bridgehead atoms. The first-order chi connectivity index (χ1) is 7.61. The first-order valence-electron chi connectivity index (χ1n) is 5.49. The van der Waals surface area contributed by atoms with Crippen LogP contribution in [0.4, 0.5) is 0 Å². The Morgan fingerprint density at radius 1 is 1.38 bits per heavy atom. The molecule has 0 aliphatic carbocycles. The van der Waals surface area contributed by atoms with Gasteiger partial charge < -0.3 is 10.1 Å². The summed E-state index contributed by atoms with van der Waals surface area (Å²) in [7, 11) is 1.42. The maximum Gasteiger partial charge on any atom is 0.327 e. The highest BCUT2D eigenvalue weighted by Crippen LogP contribution is 2.22. The van der Waals surface area contributed by atoms with Gasteiger partial charge in [0.05, 0.1) is 7.11 Å². The number of likely N-dealkylation sites (N-methyl/N-ethyl adjacent to an activating group) is 1. The highest BCUT2D eigenvalue weighted by molar-refractivity contribution is 5.78. The monoisotopic (exact) mass is 221 g/mol. The SMILES string of the molecule is CCNC(C(=O)OC)c1c(C)cccc1C. The normalized spacial score (nSPS) is 12.2. The fourth-order valence-corrected chi connectivity index (χ4v) is 1.91. The zero-order chi connectivity index (χ0) is 12.1. The highest BCUT2D eigenvalue weighted by Gasteiger charge is 2.23. The van der Waals surface area contributed by atoms with Gasteiger partial charge in [-0.25, -0.2) is 4.79 Å². The van der Waals surface area contributed by atoms with Crippen LogP contribution >= 0.6 is 0 Å². The minimum absolute atomic E-state index is 0.237. The summed E-state index contributed by atoms with van der Waals surface area (Å²) >= 11 is 0. The lowest BCUT2D eigenvalue weighted by molar-refractivity contribution is -0.143. The van der Waals surface area contributed by atoms with Crippen LogP contribution in [0, 0.1) is 13.8 Å². The average molecular weight is 221 g/mol. The molecule has 3 heteroatoms. The number of methoxy groups -OCH3 is 1. The fourth-order valence-electron chi connectivity index (χ4n) is 1.91. The van der Waals surface area contributed by atoms with Gasteiger partial charge in [0.2, 0.25) is 0 Å². The molecule has 1 N–H and O–H groups in total. The van der Waals surface area contributed by atoms with Crippen LogP contribution < -0.4 is 5.32 Å². The molecule has 0 aromatic heterocycles. The van der Waals surface area contributed by atoms with Crippen LogP contribution in [-0.4, -0.2) is 19.6 Å². The number of nitrogens with one attached hydrogen (secondary N) is 1. The third kappa shape index (κ3) is 2.61. The summed E-state index contributed by atoms with van der Waals surface area (Å²) in [6.45, 7) is 6.72. The summed E-state index contributed by atoms with van der Waals surface area (Å²) in [6, 6.07) is 5.65. The molecule has 0 aliphatic heterocycles. The van der Waals surface area contributed by atoms with E-state index in [0.717, 1.165) is 23.2 Å². The lowest BCUT2D eigenvalue weighted by Crippen LogP contribution is -2.30. The largest absolute Gasteiger partial charge is 0.468 e. The number of benzene rings is 1. The summed E-state index contributed by atoms with van der Waals surface area (Å²) in [5.41, 5.74) is 3.24. The predicted molar refractivity (Wildman–Crippen MR) is 64.3 cm³/mol. The van der Waals surface area contributed by atoms with Gasteiger partial charge in [-0.15, -0.1) is 0 Å². The molecule has 0 aliphatic rings. The number of hydrogen-bond donors (Lipinski definition) is 1. The van der Waals surface area contributed by atoms with Crippen molar-refractivity contribution in [1.29, 1.82) is 0 Å². The second kappa shape index (κ2) is 5.66. The van der Waals surface area contributed by atoms with Crippen molar-refractivity contribution in [3.8, 4) is 0 Å². The molecule has 1 aromatic carbocycles. The van der Waals surface area contributed by atoms with Crippen LogP contribution in [-0.2, 0) is 9.53 Å². The van der Waals surface area contributed by atoms with E-state index in [1.807, 2.05) is 39.0 Å². The summed E-state index contributed by atoms with van der Waals surface area (Å²) in [4.78, 5) is 11.7. The Kier molecular flexibility index (Phi) is 4.50. The molecule has 1 aromatic rings. The molecule has 1 atom stereocenters. The van der Waals surface area contributed by atoms with Gasteiger partial charge >= 0.3 is 5.97 Å². The Balaban J connectivity index is 3.15. The molecule has 16 heavy (non-hydrogen) atoms. The predicted octanol–water partition coefficient (Wildman–Crippen LogP) is 2.13. The summed E-state index contributed by atoms with van der Waals surface area (Å²) in [5, 5.41) is 3.16. The van der Waals surface area contributed by atoms with E-state index in [-0.39, 0.29) is 12.0 Å². The van der Waals surface area contributed by atoms with Crippen molar-refractivity contribution in [2.45, 2.75) is 26.8 Å². The number of aryl methyl sites for hydroxylation is 2. The van der Waals surface area contributed by atoms with Crippen molar-refractivity contribution in [2.75, 3.05) is 13.7 Å². The minimum atomic E-state index is -0.365. The zero-order valence-electron chi connectivity index (χ0n) is 10.3. The molecule has 0 saturated heterocycles. The molecule has 88 valence electrons. The quantitative estimate of drug-likeness (QED) is 0.791. The molecule has 0 radical (unpaired) electrons. The van der Waals surface area contributed by atoms with Crippen LogP contribution in [0.15, 0.2) is 18.2 Å². The third-order valence-corrected chi connectivity index (χ3v) is 2.68. The van der Waals surface area contributed by atoms with Crippen molar-refractivity contribution in [3.05, 3.63) is 34.9 Å². The van der Waals surface area contributed by atoms with Crippen LogP contribution in [0.5, 0.6) is 0 Å². The van der Waals surface area contributed by atoms with E-state index in [9.17, 15) is 4.79 Å². The standard InChI is InChI=1S/C13H19NO2/c1-5-14-12(13(15)16-4)11-9(2)7-6-8-10(11)3/h6-8,12,14H,5H2,1-4H3. The van der Waals surface area contributed by atoms with Gasteiger partial charge in [-0.3, -0.25) is 0 Å². The topological polar surface area (TPSA) is 38.3 Å². The van der Waals surface area contributed by atoms with E-state index in [1.54, 1.807) is 0 Å². The van der Waals surface area contributed by atoms with Crippen LogP contribution in [0.1, 0.15) is 29.7 Å². The van der Waals surface area contributed by atoms with Gasteiger partial charge in [-0.05, 0) is 37.1 Å². The van der Waals surface area contributed by atoms with E-state index >= 15 is 0 Å². The average Bonchev–Trinajstić information content (AvgIpc) is 2.26. The van der Waals surface area contributed by atoms with Gasteiger partial charge in [-0.1, -0.05) is 25.1 Å². The van der Waals surface area contributed by atoms with Crippen LogP contribution in [0.2, 0.25) is 0 Å². The lowest BCUT2D eigenvalue weighted by Gasteiger charge is -2.20. The van der Waals surface area contributed by atoms with Crippen LogP contribution in [0.3, 0.4) is 0 Å². The van der Waals surface area contributed by atoms with Crippen molar-refractivity contribution in [1.82, 2.24) is 5.32 Å². The molecule has 0 saturated carbocycles. The Bertz CT molecular complexity index is 354. The van der Waals surface area contributed by atoms with Crippen molar-refractivity contribution < 1.29 is 9.53 Å². The van der Waals surface area contributed by atoms with Gasteiger partial charge in [0.15, 0.2) is 0 Å². The van der Waals surface area contributed by atoms with Crippen molar-refractivity contribution >= 4 is 5.97 Å². The maximum absolute atomic E-state index is 11.7. The van der Waals surface area contributed by atoms with Gasteiger partial charge in [0.25, 0.3) is 0 Å². The number of esters is 1. The summed E-state index contributed by atoms with van der Waals surface area (Å²) in [5.74, 6) is -0.237. The fraction of sp³-hybridized carbons (Fsp3) is 0.462. The molecular weight excluding hydrogens is 202 g/mol. The number of rotatable bonds is 4. The Morgan fingerprint density at radius 2 is 1.94 bits per heavy atom.